The molecule has 2 aliphatic rings. The zero-order valence-corrected chi connectivity index (χ0v) is 13.1. The van der Waals surface area contributed by atoms with E-state index in [0.717, 1.165) is 38.8 Å². The van der Waals surface area contributed by atoms with Crippen LogP contribution in [0.2, 0.25) is 0 Å². The van der Waals surface area contributed by atoms with Crippen LogP contribution >= 0.6 is 0 Å². The third-order valence-electron chi connectivity index (χ3n) is 4.45. The average Bonchev–Trinajstić information content (AvgIpc) is 3.30. The van der Waals surface area contributed by atoms with E-state index in [9.17, 15) is 4.79 Å². The molecule has 0 amide bonds. The van der Waals surface area contributed by atoms with Gasteiger partial charge < -0.3 is 14.8 Å². The Morgan fingerprint density at radius 2 is 2.14 bits per heavy atom. The second kappa shape index (κ2) is 6.18. The van der Waals surface area contributed by atoms with E-state index < -0.39 is 0 Å². The maximum Gasteiger partial charge on any atom is 0.293 e. The molecule has 1 aromatic heterocycles. The highest BCUT2D eigenvalue weighted by Crippen LogP contribution is 2.33. The van der Waals surface area contributed by atoms with Crippen molar-refractivity contribution in [1.82, 2.24) is 14.9 Å². The lowest BCUT2D eigenvalue weighted by molar-refractivity contribution is 0.416. The van der Waals surface area contributed by atoms with E-state index >= 15 is 0 Å². The van der Waals surface area contributed by atoms with Crippen molar-refractivity contribution >= 4 is 5.82 Å². The maximum atomic E-state index is 12.7. The van der Waals surface area contributed by atoms with E-state index in [1.807, 2.05) is 10.8 Å². The van der Waals surface area contributed by atoms with Crippen LogP contribution in [-0.2, 0) is 0 Å². The van der Waals surface area contributed by atoms with Gasteiger partial charge in [0, 0.05) is 43.6 Å². The lowest BCUT2D eigenvalue weighted by Crippen LogP contribution is -2.49. The molecule has 1 saturated carbocycles. The smallest absolute Gasteiger partial charge is 0.293 e. The van der Waals surface area contributed by atoms with Crippen molar-refractivity contribution in [2.45, 2.75) is 64.1 Å². The average molecular weight is 290 g/mol. The Labute approximate surface area is 126 Å². The third kappa shape index (κ3) is 3.28. The molecule has 1 atom stereocenters. The van der Waals surface area contributed by atoms with Gasteiger partial charge in [0.15, 0.2) is 5.82 Å². The predicted octanol–water partition coefficient (Wildman–Crippen LogP) is 1.94. The molecule has 3 rings (SSSR count). The molecule has 0 aromatic carbocycles. The molecule has 5 nitrogen and oxygen atoms in total. The first-order chi connectivity index (χ1) is 10.2. The summed E-state index contributed by atoms with van der Waals surface area (Å²) in [5.74, 6) is 0.652. The Hall–Kier alpha value is -1.36. The lowest BCUT2D eigenvalue weighted by atomic mass is 10.0. The molecule has 21 heavy (non-hydrogen) atoms. The highest BCUT2D eigenvalue weighted by Gasteiger charge is 2.29. The second-order valence-electron chi connectivity index (χ2n) is 6.60. The molecular formula is C16H26N4O. The van der Waals surface area contributed by atoms with Crippen LogP contribution in [0.5, 0.6) is 0 Å². The summed E-state index contributed by atoms with van der Waals surface area (Å²) in [7, 11) is 0. The van der Waals surface area contributed by atoms with Crippen molar-refractivity contribution in [3.63, 3.8) is 0 Å². The van der Waals surface area contributed by atoms with Crippen molar-refractivity contribution in [3.8, 4) is 0 Å². The van der Waals surface area contributed by atoms with Crippen LogP contribution in [0.1, 0.15) is 52.0 Å². The zero-order valence-electron chi connectivity index (χ0n) is 13.1. The maximum absolute atomic E-state index is 12.7. The number of rotatable bonds is 5. The number of hydrogen-bond donors (Lipinski definition) is 1. The van der Waals surface area contributed by atoms with Gasteiger partial charge in [0.25, 0.3) is 5.56 Å². The molecule has 1 N–H and O–H groups in total. The summed E-state index contributed by atoms with van der Waals surface area (Å²) in [6.07, 6.45) is 9.41. The molecule has 116 valence electrons. The van der Waals surface area contributed by atoms with Crippen LogP contribution in [0.4, 0.5) is 5.82 Å². The number of nitrogens with one attached hydrogen (secondary N) is 1. The highest BCUT2D eigenvalue weighted by molar-refractivity contribution is 5.38. The summed E-state index contributed by atoms with van der Waals surface area (Å²) < 4.78 is 1.88. The summed E-state index contributed by atoms with van der Waals surface area (Å²) >= 11 is 0. The highest BCUT2D eigenvalue weighted by atomic mass is 16.1. The Balaban J connectivity index is 1.82. The number of hydrogen-bond acceptors (Lipinski definition) is 4. The molecule has 2 heterocycles. The quantitative estimate of drug-likeness (QED) is 0.900. The monoisotopic (exact) mass is 290 g/mol. The molecule has 1 aromatic rings. The number of aromatic nitrogens is 2. The second-order valence-corrected chi connectivity index (χ2v) is 6.60. The van der Waals surface area contributed by atoms with Gasteiger partial charge in [0.05, 0.1) is 0 Å². The Morgan fingerprint density at radius 3 is 2.86 bits per heavy atom. The number of anilines is 1. The third-order valence-corrected chi connectivity index (χ3v) is 4.45. The number of piperidine rings is 1. The normalized spacial score (nSPS) is 22.8. The molecule has 1 aliphatic heterocycles. The molecule has 1 aliphatic carbocycles. The zero-order chi connectivity index (χ0) is 14.8. The summed E-state index contributed by atoms with van der Waals surface area (Å²) in [4.78, 5) is 19.3. The van der Waals surface area contributed by atoms with Gasteiger partial charge in [-0.3, -0.25) is 4.79 Å². The lowest BCUT2D eigenvalue weighted by Gasteiger charge is -2.36. The molecule has 2 fully saturated rings. The van der Waals surface area contributed by atoms with Crippen LogP contribution in [0, 0.1) is 0 Å². The largest absolute Gasteiger partial charge is 0.348 e. The van der Waals surface area contributed by atoms with Gasteiger partial charge in [-0.2, -0.15) is 0 Å². The van der Waals surface area contributed by atoms with E-state index in [-0.39, 0.29) is 5.56 Å². The van der Waals surface area contributed by atoms with Crippen molar-refractivity contribution in [2.75, 3.05) is 18.0 Å². The van der Waals surface area contributed by atoms with Gasteiger partial charge in [0.1, 0.15) is 0 Å². The van der Waals surface area contributed by atoms with Crippen molar-refractivity contribution in [3.05, 3.63) is 22.7 Å². The minimum Gasteiger partial charge on any atom is -0.348 e. The van der Waals surface area contributed by atoms with Gasteiger partial charge >= 0.3 is 0 Å². The van der Waals surface area contributed by atoms with E-state index in [2.05, 4.69) is 29.0 Å². The standard InChI is InChI=1S/C16H26N4O/c1-12(2)18-11-14-5-3-4-9-19(14)15-16(21)20(10-8-17-15)13-6-7-13/h8,10,12-14,18H,3-7,9,11H2,1-2H3. The Morgan fingerprint density at radius 1 is 1.33 bits per heavy atom. The first kappa shape index (κ1) is 14.6. The van der Waals surface area contributed by atoms with Crippen LogP contribution in [0.15, 0.2) is 17.2 Å². The fourth-order valence-electron chi connectivity index (χ4n) is 3.11. The summed E-state index contributed by atoms with van der Waals surface area (Å²) in [5, 5.41) is 3.51. The van der Waals surface area contributed by atoms with E-state index in [4.69, 9.17) is 0 Å². The first-order valence-electron chi connectivity index (χ1n) is 8.24. The van der Waals surface area contributed by atoms with Crippen molar-refractivity contribution in [1.29, 1.82) is 0 Å². The van der Waals surface area contributed by atoms with Gasteiger partial charge in [0.2, 0.25) is 0 Å². The molecule has 1 saturated heterocycles. The van der Waals surface area contributed by atoms with Crippen molar-refractivity contribution in [2.24, 2.45) is 0 Å². The first-order valence-corrected chi connectivity index (χ1v) is 8.24. The van der Waals surface area contributed by atoms with Crippen LogP contribution in [0.25, 0.3) is 0 Å². The van der Waals surface area contributed by atoms with Gasteiger partial charge in [-0.15, -0.1) is 0 Å². The molecule has 5 heteroatoms. The Kier molecular flexibility index (Phi) is 4.29. The fourth-order valence-corrected chi connectivity index (χ4v) is 3.11. The Bertz CT molecular complexity index is 535. The SMILES string of the molecule is CC(C)NCC1CCCCN1c1nccn(C2CC2)c1=O. The minimum absolute atomic E-state index is 0.0939. The molecule has 0 bridgehead atoms. The molecule has 0 radical (unpaired) electrons. The van der Waals surface area contributed by atoms with Gasteiger partial charge in [-0.25, -0.2) is 4.98 Å². The van der Waals surface area contributed by atoms with E-state index in [1.165, 1.54) is 6.42 Å². The number of nitrogens with zero attached hydrogens (tertiary/aromatic N) is 3. The van der Waals surface area contributed by atoms with Crippen LogP contribution < -0.4 is 15.8 Å². The minimum atomic E-state index is 0.0939. The molecule has 1 unspecified atom stereocenters. The summed E-state index contributed by atoms with van der Waals surface area (Å²) in [6, 6.07) is 1.27. The van der Waals surface area contributed by atoms with E-state index in [1.54, 1.807) is 6.20 Å². The van der Waals surface area contributed by atoms with Gasteiger partial charge in [-0.1, -0.05) is 13.8 Å². The van der Waals surface area contributed by atoms with Crippen molar-refractivity contribution < 1.29 is 0 Å². The van der Waals surface area contributed by atoms with Crippen LogP contribution in [-0.4, -0.2) is 34.7 Å². The fraction of sp³-hybridized carbons (Fsp3) is 0.750. The molecule has 0 spiro atoms. The molecular weight excluding hydrogens is 264 g/mol. The van der Waals surface area contributed by atoms with E-state index in [0.29, 0.717) is 23.9 Å². The predicted molar refractivity (Wildman–Crippen MR) is 84.9 cm³/mol. The topological polar surface area (TPSA) is 50.2 Å². The van der Waals surface area contributed by atoms with Crippen LogP contribution in [0.3, 0.4) is 0 Å². The summed E-state index contributed by atoms with van der Waals surface area (Å²) in [5.41, 5.74) is 0.0939. The summed E-state index contributed by atoms with van der Waals surface area (Å²) in [6.45, 7) is 6.19. The van der Waals surface area contributed by atoms with Gasteiger partial charge in [-0.05, 0) is 32.1 Å².